The van der Waals surface area contributed by atoms with Crippen LogP contribution in [-0.4, -0.2) is 30.5 Å². The van der Waals surface area contributed by atoms with Crippen molar-refractivity contribution in [2.45, 2.75) is 37.6 Å². The molecule has 1 unspecified atom stereocenters. The van der Waals surface area contributed by atoms with Crippen molar-refractivity contribution in [3.8, 4) is 0 Å². The van der Waals surface area contributed by atoms with Gasteiger partial charge in [-0.15, -0.1) is 0 Å². The molecule has 5 nitrogen and oxygen atoms in total. The third kappa shape index (κ3) is 2.65. The number of carbonyl (C=O) groups excluding carboxylic acids is 1. The average molecular weight is 311 g/mol. The number of esters is 1. The SMILES string of the molecule is COC(=O)c1ccc(C2CC3(CCN2)CC(F)(F)C3)c(N)n1. The summed E-state index contributed by atoms with van der Waals surface area (Å²) in [5, 5.41) is 3.31. The molecule has 1 aliphatic carbocycles. The fraction of sp³-hybridized carbons (Fsp3) is 0.600. The zero-order valence-corrected chi connectivity index (χ0v) is 12.4. The van der Waals surface area contributed by atoms with E-state index in [2.05, 4.69) is 15.0 Å². The molecule has 120 valence electrons. The van der Waals surface area contributed by atoms with Gasteiger partial charge in [0.05, 0.1) is 7.11 Å². The molecule has 2 aliphatic rings. The van der Waals surface area contributed by atoms with Crippen LogP contribution in [-0.2, 0) is 4.74 Å². The zero-order valence-electron chi connectivity index (χ0n) is 12.4. The van der Waals surface area contributed by atoms with Crippen molar-refractivity contribution in [2.24, 2.45) is 5.41 Å². The molecule has 1 aromatic rings. The Kier molecular flexibility index (Phi) is 3.55. The highest BCUT2D eigenvalue weighted by molar-refractivity contribution is 5.87. The summed E-state index contributed by atoms with van der Waals surface area (Å²) < 4.78 is 31.1. The molecule has 1 aliphatic heterocycles. The van der Waals surface area contributed by atoms with Gasteiger partial charge in [0.1, 0.15) is 5.82 Å². The number of ether oxygens (including phenoxy) is 1. The Hall–Kier alpha value is -1.76. The number of hydrogen-bond acceptors (Lipinski definition) is 5. The van der Waals surface area contributed by atoms with E-state index in [-0.39, 0.29) is 35.8 Å². The van der Waals surface area contributed by atoms with Gasteiger partial charge in [-0.3, -0.25) is 0 Å². The Labute approximate surface area is 127 Å². The third-order valence-corrected chi connectivity index (χ3v) is 4.68. The van der Waals surface area contributed by atoms with E-state index in [0.717, 1.165) is 12.0 Å². The predicted molar refractivity (Wildman–Crippen MR) is 76.6 cm³/mol. The maximum atomic E-state index is 13.2. The monoisotopic (exact) mass is 311 g/mol. The van der Waals surface area contributed by atoms with Crippen LogP contribution < -0.4 is 11.1 Å². The highest BCUT2D eigenvalue weighted by Gasteiger charge is 2.57. The summed E-state index contributed by atoms with van der Waals surface area (Å²) in [5.41, 5.74) is 6.54. The minimum absolute atomic E-state index is 0.0498. The van der Waals surface area contributed by atoms with Crippen LogP contribution in [0.5, 0.6) is 0 Å². The Balaban J connectivity index is 1.78. The fourth-order valence-corrected chi connectivity index (χ4v) is 3.70. The standard InChI is InChI=1S/C15H19F2N3O2/c1-22-13(21)10-3-2-9(12(18)20-10)11-6-14(4-5-19-11)7-15(16,17)8-14/h2-3,11,19H,4-8H2,1H3,(H2,18,20). The van der Waals surface area contributed by atoms with E-state index in [1.807, 2.05) is 0 Å². The highest BCUT2D eigenvalue weighted by atomic mass is 19.3. The van der Waals surface area contributed by atoms with Gasteiger partial charge in [-0.1, -0.05) is 6.07 Å². The number of hydrogen-bond donors (Lipinski definition) is 2. The van der Waals surface area contributed by atoms with Gasteiger partial charge >= 0.3 is 5.97 Å². The molecular weight excluding hydrogens is 292 g/mol. The van der Waals surface area contributed by atoms with Crippen LogP contribution >= 0.6 is 0 Å². The van der Waals surface area contributed by atoms with Crippen LogP contribution in [0, 0.1) is 5.41 Å². The number of rotatable bonds is 2. The van der Waals surface area contributed by atoms with Crippen molar-refractivity contribution in [1.82, 2.24) is 10.3 Å². The molecule has 2 heterocycles. The van der Waals surface area contributed by atoms with Gasteiger partial charge in [-0.2, -0.15) is 0 Å². The summed E-state index contributed by atoms with van der Waals surface area (Å²) in [6.45, 7) is 0.680. The molecule has 2 fully saturated rings. The van der Waals surface area contributed by atoms with E-state index in [1.165, 1.54) is 7.11 Å². The third-order valence-electron chi connectivity index (χ3n) is 4.68. The van der Waals surface area contributed by atoms with E-state index < -0.39 is 11.9 Å². The van der Waals surface area contributed by atoms with Crippen LogP contribution in [0.1, 0.15) is 47.8 Å². The smallest absolute Gasteiger partial charge is 0.356 e. The molecule has 3 N–H and O–H groups in total. The second-order valence-corrected chi connectivity index (χ2v) is 6.33. The number of carbonyl (C=O) groups is 1. The predicted octanol–water partition coefficient (Wildman–Crippen LogP) is 2.29. The molecule has 1 atom stereocenters. The second kappa shape index (κ2) is 5.15. The number of aromatic nitrogens is 1. The molecule has 7 heteroatoms. The first-order chi connectivity index (χ1) is 10.3. The zero-order chi connectivity index (χ0) is 16.0. The van der Waals surface area contributed by atoms with Gasteiger partial charge in [-0.25, -0.2) is 18.6 Å². The molecular formula is C15H19F2N3O2. The van der Waals surface area contributed by atoms with Gasteiger partial charge in [0.2, 0.25) is 5.92 Å². The van der Waals surface area contributed by atoms with Crippen LogP contribution in [0.2, 0.25) is 0 Å². The summed E-state index contributed by atoms with van der Waals surface area (Å²) in [6, 6.07) is 3.17. The fourth-order valence-electron chi connectivity index (χ4n) is 3.70. The van der Waals surface area contributed by atoms with Gasteiger partial charge in [0.15, 0.2) is 5.69 Å². The number of piperidine rings is 1. The van der Waals surface area contributed by atoms with Crippen molar-refractivity contribution in [3.05, 3.63) is 23.4 Å². The number of alkyl halides is 2. The van der Waals surface area contributed by atoms with Gasteiger partial charge in [0.25, 0.3) is 0 Å². The molecule has 1 saturated carbocycles. The minimum atomic E-state index is -2.53. The average Bonchev–Trinajstić information content (AvgIpc) is 2.44. The van der Waals surface area contributed by atoms with Crippen molar-refractivity contribution < 1.29 is 18.3 Å². The summed E-state index contributed by atoms with van der Waals surface area (Å²) in [4.78, 5) is 15.5. The first-order valence-electron chi connectivity index (χ1n) is 7.30. The lowest BCUT2D eigenvalue weighted by Gasteiger charge is -2.52. The number of nitrogens with two attached hydrogens (primary N) is 1. The Morgan fingerprint density at radius 1 is 1.45 bits per heavy atom. The van der Waals surface area contributed by atoms with Crippen molar-refractivity contribution in [2.75, 3.05) is 19.4 Å². The molecule has 22 heavy (non-hydrogen) atoms. The molecule has 1 saturated heterocycles. The maximum absolute atomic E-state index is 13.2. The molecule has 1 spiro atoms. The van der Waals surface area contributed by atoms with Crippen LogP contribution in [0.3, 0.4) is 0 Å². The largest absolute Gasteiger partial charge is 0.464 e. The topological polar surface area (TPSA) is 77.2 Å². The van der Waals surface area contributed by atoms with E-state index >= 15 is 0 Å². The normalized spacial score (nSPS) is 25.5. The molecule has 0 aromatic carbocycles. The lowest BCUT2D eigenvalue weighted by Crippen LogP contribution is -2.52. The number of nitrogen functional groups attached to an aromatic ring is 1. The number of anilines is 1. The minimum Gasteiger partial charge on any atom is -0.464 e. The molecule has 1 aromatic heterocycles. The van der Waals surface area contributed by atoms with Gasteiger partial charge in [-0.05, 0) is 30.9 Å². The van der Waals surface area contributed by atoms with E-state index in [4.69, 9.17) is 5.73 Å². The molecule has 0 radical (unpaired) electrons. The second-order valence-electron chi connectivity index (χ2n) is 6.33. The number of methoxy groups -OCH3 is 1. The summed E-state index contributed by atoms with van der Waals surface area (Å²) in [6.07, 6.45) is 1.27. The Morgan fingerprint density at radius 3 is 2.77 bits per heavy atom. The lowest BCUT2D eigenvalue weighted by atomic mass is 9.59. The van der Waals surface area contributed by atoms with Crippen molar-refractivity contribution in [3.63, 3.8) is 0 Å². The Morgan fingerprint density at radius 2 is 2.18 bits per heavy atom. The van der Waals surface area contributed by atoms with Crippen LogP contribution in [0.4, 0.5) is 14.6 Å². The molecule has 0 bridgehead atoms. The molecule has 3 rings (SSSR count). The van der Waals surface area contributed by atoms with Crippen LogP contribution in [0.15, 0.2) is 12.1 Å². The first kappa shape index (κ1) is 15.1. The highest BCUT2D eigenvalue weighted by Crippen LogP contribution is 2.59. The number of halogens is 2. The Bertz CT molecular complexity index is 598. The quantitative estimate of drug-likeness (QED) is 0.820. The van der Waals surface area contributed by atoms with Crippen LogP contribution in [0.25, 0.3) is 0 Å². The maximum Gasteiger partial charge on any atom is 0.356 e. The van der Waals surface area contributed by atoms with Gasteiger partial charge in [0, 0.05) is 24.4 Å². The van der Waals surface area contributed by atoms with E-state index in [1.54, 1.807) is 12.1 Å². The summed E-state index contributed by atoms with van der Waals surface area (Å²) in [5.74, 6) is -2.84. The summed E-state index contributed by atoms with van der Waals surface area (Å²) in [7, 11) is 1.28. The van der Waals surface area contributed by atoms with Gasteiger partial charge < -0.3 is 15.8 Å². The first-order valence-corrected chi connectivity index (χ1v) is 7.30. The van der Waals surface area contributed by atoms with E-state index in [9.17, 15) is 13.6 Å². The van der Waals surface area contributed by atoms with Crippen molar-refractivity contribution in [1.29, 1.82) is 0 Å². The number of nitrogens with one attached hydrogen (secondary N) is 1. The number of pyridine rings is 1. The van der Waals surface area contributed by atoms with Crippen molar-refractivity contribution >= 4 is 11.8 Å². The van der Waals surface area contributed by atoms with E-state index in [0.29, 0.717) is 13.0 Å². The summed E-state index contributed by atoms with van der Waals surface area (Å²) >= 11 is 0. The molecule has 0 amide bonds. The lowest BCUT2D eigenvalue weighted by molar-refractivity contribution is -0.174. The number of nitrogens with zero attached hydrogens (tertiary/aromatic N) is 1.